The van der Waals surface area contributed by atoms with Gasteiger partial charge >= 0.3 is 5.97 Å². The van der Waals surface area contributed by atoms with Crippen LogP contribution in [0.3, 0.4) is 0 Å². The molecule has 4 rings (SSSR count). The zero-order valence-electron chi connectivity index (χ0n) is 24.3. The van der Waals surface area contributed by atoms with Gasteiger partial charge in [0.2, 0.25) is 11.8 Å². The fourth-order valence-electron chi connectivity index (χ4n) is 4.53. The number of hydrogen-bond acceptors (Lipinski definition) is 6. The smallest absolute Gasteiger partial charge is 0.328 e. The summed E-state index contributed by atoms with van der Waals surface area (Å²) in [4.78, 5) is 38.0. The van der Waals surface area contributed by atoms with E-state index >= 15 is 0 Å². The van der Waals surface area contributed by atoms with Crippen molar-refractivity contribution >= 4 is 17.8 Å². The van der Waals surface area contributed by atoms with Crippen molar-refractivity contribution in [2.24, 2.45) is 0 Å². The van der Waals surface area contributed by atoms with Crippen molar-refractivity contribution in [1.82, 2.24) is 10.6 Å². The molecule has 2 N–H and O–H groups in total. The van der Waals surface area contributed by atoms with E-state index in [0.29, 0.717) is 24.7 Å². The van der Waals surface area contributed by atoms with Crippen molar-refractivity contribution in [3.8, 4) is 11.5 Å². The normalized spacial score (nSPS) is 12.0. The lowest BCUT2D eigenvalue weighted by atomic mass is 10.0. The number of hydrogen-bond donors (Lipinski definition) is 2. The molecular weight excluding hydrogens is 544 g/mol. The Morgan fingerprint density at radius 1 is 0.605 bits per heavy atom. The second-order valence-electron chi connectivity index (χ2n) is 10.1. The van der Waals surface area contributed by atoms with E-state index in [1.165, 1.54) is 14.0 Å². The number of amides is 2. The molecule has 222 valence electrons. The molecular formula is C35H36N2O6. The van der Waals surface area contributed by atoms with Gasteiger partial charge < -0.3 is 24.8 Å². The van der Waals surface area contributed by atoms with Crippen LogP contribution in [0.25, 0.3) is 0 Å². The SMILES string of the molecule is COC(=O)[C@H](Cc1ccc(OCc2ccccc2)c(OCc2ccccc2)c1)NC(=O)[C@H](Cc1ccccc1)NC(C)=O. The molecule has 0 spiro atoms. The highest BCUT2D eigenvalue weighted by Gasteiger charge is 2.27. The highest BCUT2D eigenvalue weighted by Crippen LogP contribution is 2.31. The summed E-state index contributed by atoms with van der Waals surface area (Å²) in [6.07, 6.45) is 0.405. The fourth-order valence-corrected chi connectivity index (χ4v) is 4.53. The molecule has 2 atom stereocenters. The number of carbonyl (C=O) groups excluding carboxylic acids is 3. The monoisotopic (exact) mass is 580 g/mol. The molecule has 4 aromatic rings. The molecule has 0 fully saturated rings. The van der Waals surface area contributed by atoms with E-state index in [-0.39, 0.29) is 18.7 Å². The van der Waals surface area contributed by atoms with E-state index < -0.39 is 24.0 Å². The molecule has 0 saturated carbocycles. The molecule has 0 radical (unpaired) electrons. The van der Waals surface area contributed by atoms with Crippen LogP contribution in [0.5, 0.6) is 11.5 Å². The average molecular weight is 581 g/mol. The van der Waals surface area contributed by atoms with E-state index in [4.69, 9.17) is 14.2 Å². The van der Waals surface area contributed by atoms with Gasteiger partial charge in [-0.25, -0.2) is 4.79 Å². The number of ether oxygens (including phenoxy) is 3. The molecule has 2 amide bonds. The molecule has 0 aliphatic heterocycles. The van der Waals surface area contributed by atoms with Gasteiger partial charge in [0.1, 0.15) is 25.3 Å². The molecule has 8 heteroatoms. The van der Waals surface area contributed by atoms with Gasteiger partial charge in [0.15, 0.2) is 11.5 Å². The minimum Gasteiger partial charge on any atom is -0.485 e. The van der Waals surface area contributed by atoms with E-state index in [9.17, 15) is 14.4 Å². The molecule has 0 aliphatic rings. The Morgan fingerprint density at radius 3 is 1.65 bits per heavy atom. The summed E-state index contributed by atoms with van der Waals surface area (Å²) in [6, 6.07) is 32.5. The molecule has 0 bridgehead atoms. The summed E-state index contributed by atoms with van der Waals surface area (Å²) in [5.74, 6) is -0.385. The van der Waals surface area contributed by atoms with Crippen molar-refractivity contribution in [3.05, 3.63) is 131 Å². The van der Waals surface area contributed by atoms with Gasteiger partial charge in [0.05, 0.1) is 7.11 Å². The van der Waals surface area contributed by atoms with Gasteiger partial charge in [-0.3, -0.25) is 9.59 Å². The summed E-state index contributed by atoms with van der Waals surface area (Å²) < 4.78 is 17.3. The zero-order valence-corrected chi connectivity index (χ0v) is 24.3. The molecule has 0 aliphatic carbocycles. The van der Waals surface area contributed by atoms with E-state index in [0.717, 1.165) is 22.3 Å². The van der Waals surface area contributed by atoms with E-state index in [2.05, 4.69) is 10.6 Å². The minimum atomic E-state index is -0.998. The second kappa shape index (κ2) is 15.8. The summed E-state index contributed by atoms with van der Waals surface area (Å²) in [5, 5.41) is 5.47. The standard InChI is InChI=1S/C35H36N2O6/c1-25(38)36-30(20-26-12-6-3-7-13-26)34(39)37-31(35(40)41-2)21-29-18-19-32(42-23-27-14-8-4-9-15-27)33(22-29)43-24-28-16-10-5-11-17-28/h3-19,22,30-31H,20-21,23-24H2,1-2H3,(H,36,38)(H,37,39)/t30-,31-/m0/s1. The number of rotatable bonds is 14. The Morgan fingerprint density at radius 2 is 1.12 bits per heavy atom. The minimum absolute atomic E-state index is 0.136. The third kappa shape index (κ3) is 9.74. The van der Waals surface area contributed by atoms with Crippen molar-refractivity contribution in [2.45, 2.75) is 45.1 Å². The lowest BCUT2D eigenvalue weighted by molar-refractivity contribution is -0.145. The maximum atomic E-state index is 13.3. The summed E-state index contributed by atoms with van der Waals surface area (Å²) in [5.41, 5.74) is 3.60. The zero-order chi connectivity index (χ0) is 30.4. The van der Waals surface area contributed by atoms with Crippen LogP contribution in [0.15, 0.2) is 109 Å². The third-order valence-corrected chi connectivity index (χ3v) is 6.70. The Balaban J connectivity index is 1.53. The molecule has 0 saturated heterocycles. The number of carbonyl (C=O) groups is 3. The van der Waals surface area contributed by atoms with Crippen LogP contribution >= 0.6 is 0 Å². The van der Waals surface area contributed by atoms with Crippen LogP contribution in [0.1, 0.15) is 29.2 Å². The van der Waals surface area contributed by atoms with Gasteiger partial charge in [-0.15, -0.1) is 0 Å². The Kier molecular flexibility index (Phi) is 11.3. The lowest BCUT2D eigenvalue weighted by Gasteiger charge is -2.22. The predicted octanol–water partition coefficient (Wildman–Crippen LogP) is 4.79. The van der Waals surface area contributed by atoms with Crippen LogP contribution in [0.2, 0.25) is 0 Å². The third-order valence-electron chi connectivity index (χ3n) is 6.70. The second-order valence-corrected chi connectivity index (χ2v) is 10.1. The van der Waals surface area contributed by atoms with Crippen LogP contribution < -0.4 is 20.1 Å². The Labute approximate surface area is 252 Å². The average Bonchev–Trinajstić information content (AvgIpc) is 3.03. The fraction of sp³-hybridized carbons (Fsp3) is 0.229. The highest BCUT2D eigenvalue weighted by molar-refractivity contribution is 5.90. The molecule has 0 unspecified atom stereocenters. The summed E-state index contributed by atoms with van der Waals surface area (Å²) in [6.45, 7) is 2.02. The number of benzene rings is 4. The van der Waals surface area contributed by atoms with E-state index in [1.54, 1.807) is 12.1 Å². The molecule has 43 heavy (non-hydrogen) atoms. The largest absolute Gasteiger partial charge is 0.485 e. The first-order valence-corrected chi connectivity index (χ1v) is 14.1. The van der Waals surface area contributed by atoms with Crippen LogP contribution in [0, 0.1) is 0 Å². The van der Waals surface area contributed by atoms with Crippen LogP contribution in [0.4, 0.5) is 0 Å². The maximum Gasteiger partial charge on any atom is 0.328 e. The lowest BCUT2D eigenvalue weighted by Crippen LogP contribution is -2.53. The molecule has 4 aromatic carbocycles. The number of nitrogens with one attached hydrogen (secondary N) is 2. The topological polar surface area (TPSA) is 103 Å². The van der Waals surface area contributed by atoms with Crippen molar-refractivity contribution in [2.75, 3.05) is 7.11 Å². The molecule has 0 heterocycles. The predicted molar refractivity (Wildman–Crippen MR) is 163 cm³/mol. The Bertz CT molecular complexity index is 1480. The summed E-state index contributed by atoms with van der Waals surface area (Å²) >= 11 is 0. The van der Waals surface area contributed by atoms with Gasteiger partial charge in [-0.05, 0) is 34.4 Å². The van der Waals surface area contributed by atoms with Crippen LogP contribution in [-0.4, -0.2) is 37.0 Å². The van der Waals surface area contributed by atoms with Crippen LogP contribution in [-0.2, 0) is 45.2 Å². The van der Waals surface area contributed by atoms with Gasteiger partial charge in [0.25, 0.3) is 0 Å². The van der Waals surface area contributed by atoms with Gasteiger partial charge in [0, 0.05) is 19.8 Å². The number of esters is 1. The number of methoxy groups -OCH3 is 1. The van der Waals surface area contributed by atoms with Gasteiger partial charge in [-0.1, -0.05) is 97.1 Å². The highest BCUT2D eigenvalue weighted by atomic mass is 16.5. The molecule has 8 nitrogen and oxygen atoms in total. The van der Waals surface area contributed by atoms with E-state index in [1.807, 2.05) is 97.1 Å². The van der Waals surface area contributed by atoms with Crippen molar-refractivity contribution < 1.29 is 28.6 Å². The van der Waals surface area contributed by atoms with Crippen molar-refractivity contribution in [3.63, 3.8) is 0 Å². The first-order chi connectivity index (χ1) is 20.9. The van der Waals surface area contributed by atoms with Gasteiger partial charge in [-0.2, -0.15) is 0 Å². The first-order valence-electron chi connectivity index (χ1n) is 14.1. The molecule has 0 aromatic heterocycles. The quantitative estimate of drug-likeness (QED) is 0.208. The van der Waals surface area contributed by atoms with Crippen molar-refractivity contribution in [1.29, 1.82) is 0 Å². The Hall–Kier alpha value is -5.11. The summed E-state index contributed by atoms with van der Waals surface area (Å²) in [7, 11) is 1.27. The first kappa shape index (κ1) is 30.8. The maximum absolute atomic E-state index is 13.3.